The van der Waals surface area contributed by atoms with Crippen LogP contribution in [0.25, 0.3) is 11.0 Å². The van der Waals surface area contributed by atoms with E-state index in [1.807, 2.05) is 24.3 Å². The largest absolute Gasteiger partial charge is 0.438 e. The molecule has 8 nitrogen and oxygen atoms in total. The van der Waals surface area contributed by atoms with Gasteiger partial charge in [0, 0.05) is 12.1 Å². The summed E-state index contributed by atoms with van der Waals surface area (Å²) < 4.78 is 5.26. The number of amides is 1. The summed E-state index contributed by atoms with van der Waals surface area (Å²) in [6.45, 7) is 1.69. The summed E-state index contributed by atoms with van der Waals surface area (Å²) in [4.78, 5) is 29.6. The van der Waals surface area contributed by atoms with Gasteiger partial charge in [-0.05, 0) is 25.1 Å². The molecule has 1 amide bonds. The number of imidazole rings is 1. The third-order valence-electron chi connectivity index (χ3n) is 3.38. The van der Waals surface area contributed by atoms with Crippen LogP contribution in [-0.2, 0) is 4.74 Å². The molecular formula is C16H14N4O4. The number of fused-ring (bicyclic) bond motifs is 1. The van der Waals surface area contributed by atoms with Crippen molar-refractivity contribution in [1.82, 2.24) is 9.97 Å². The normalized spacial score (nSPS) is 11.9. The molecule has 8 heteroatoms. The summed E-state index contributed by atoms with van der Waals surface area (Å²) in [6, 6.07) is 13.1. The minimum atomic E-state index is -0.719. The molecule has 122 valence electrons. The first kappa shape index (κ1) is 15.5. The van der Waals surface area contributed by atoms with E-state index in [0.717, 1.165) is 11.0 Å². The molecule has 0 bridgehead atoms. The molecule has 0 aliphatic carbocycles. The van der Waals surface area contributed by atoms with Crippen LogP contribution in [0.15, 0.2) is 48.5 Å². The second-order valence-electron chi connectivity index (χ2n) is 5.12. The Balaban J connectivity index is 1.67. The molecule has 1 atom stereocenters. The van der Waals surface area contributed by atoms with E-state index in [0.29, 0.717) is 5.82 Å². The highest BCUT2D eigenvalue weighted by Crippen LogP contribution is 2.20. The van der Waals surface area contributed by atoms with Crippen LogP contribution < -0.4 is 5.32 Å². The Morgan fingerprint density at radius 3 is 2.83 bits per heavy atom. The van der Waals surface area contributed by atoms with Gasteiger partial charge in [-0.1, -0.05) is 18.2 Å². The van der Waals surface area contributed by atoms with Gasteiger partial charge < -0.3 is 9.72 Å². The highest BCUT2D eigenvalue weighted by Gasteiger charge is 2.16. The van der Waals surface area contributed by atoms with Crippen molar-refractivity contribution in [2.24, 2.45) is 0 Å². The Morgan fingerprint density at radius 1 is 1.29 bits per heavy atom. The number of non-ortho nitro benzene ring substituents is 1. The van der Waals surface area contributed by atoms with Gasteiger partial charge in [0.05, 0.1) is 21.6 Å². The van der Waals surface area contributed by atoms with E-state index in [4.69, 9.17) is 4.74 Å². The number of carbonyl (C=O) groups is 1. The van der Waals surface area contributed by atoms with Crippen LogP contribution in [0.3, 0.4) is 0 Å². The van der Waals surface area contributed by atoms with E-state index >= 15 is 0 Å². The van der Waals surface area contributed by atoms with Gasteiger partial charge in [0.15, 0.2) is 6.10 Å². The van der Waals surface area contributed by atoms with E-state index in [1.54, 1.807) is 13.0 Å². The summed E-state index contributed by atoms with van der Waals surface area (Å²) >= 11 is 0. The fraction of sp³-hybridized carbons (Fsp3) is 0.125. The number of para-hydroxylation sites is 2. The number of rotatable bonds is 4. The van der Waals surface area contributed by atoms with Crippen molar-refractivity contribution < 1.29 is 14.5 Å². The lowest BCUT2D eigenvalue weighted by molar-refractivity contribution is -0.384. The van der Waals surface area contributed by atoms with Crippen LogP contribution in [0.5, 0.6) is 0 Å². The van der Waals surface area contributed by atoms with Gasteiger partial charge in [0.25, 0.3) is 5.69 Å². The number of benzene rings is 2. The van der Waals surface area contributed by atoms with E-state index < -0.39 is 17.1 Å². The average molecular weight is 326 g/mol. The number of nitro benzene ring substituents is 1. The molecule has 2 aromatic carbocycles. The highest BCUT2D eigenvalue weighted by atomic mass is 16.6. The Kier molecular flexibility index (Phi) is 4.11. The molecule has 0 saturated heterocycles. The van der Waals surface area contributed by atoms with Gasteiger partial charge in [-0.2, -0.15) is 0 Å². The first-order valence-corrected chi connectivity index (χ1v) is 7.19. The fourth-order valence-corrected chi connectivity index (χ4v) is 2.23. The van der Waals surface area contributed by atoms with Crippen molar-refractivity contribution in [2.75, 3.05) is 5.32 Å². The molecule has 0 spiro atoms. The summed E-state index contributed by atoms with van der Waals surface area (Å²) in [6.07, 6.45) is -1.32. The van der Waals surface area contributed by atoms with Crippen molar-refractivity contribution >= 4 is 28.5 Å². The summed E-state index contributed by atoms with van der Waals surface area (Å²) in [7, 11) is 0. The van der Waals surface area contributed by atoms with E-state index in [-0.39, 0.29) is 11.4 Å². The zero-order valence-corrected chi connectivity index (χ0v) is 12.7. The topological polar surface area (TPSA) is 110 Å². The van der Waals surface area contributed by atoms with Crippen LogP contribution in [0.1, 0.15) is 18.9 Å². The van der Waals surface area contributed by atoms with E-state index in [2.05, 4.69) is 15.3 Å². The third kappa shape index (κ3) is 3.32. The predicted octanol–water partition coefficient (Wildman–Crippen LogP) is 3.78. The molecule has 0 saturated carbocycles. The average Bonchev–Trinajstić information content (AvgIpc) is 2.99. The van der Waals surface area contributed by atoms with Gasteiger partial charge >= 0.3 is 6.09 Å². The maximum atomic E-state index is 11.9. The molecule has 3 aromatic rings. The Bertz CT molecular complexity index is 873. The fourth-order valence-electron chi connectivity index (χ4n) is 2.23. The number of nitrogens with one attached hydrogen (secondary N) is 2. The van der Waals surface area contributed by atoms with Crippen LogP contribution in [0.4, 0.5) is 16.2 Å². The molecule has 1 unspecified atom stereocenters. The number of aromatic amines is 1. The number of aromatic nitrogens is 2. The number of H-pyrrole nitrogens is 1. The summed E-state index contributed by atoms with van der Waals surface area (Å²) in [5.74, 6) is 0.519. The lowest BCUT2D eigenvalue weighted by Gasteiger charge is -2.11. The minimum Gasteiger partial charge on any atom is -0.438 e. The van der Waals surface area contributed by atoms with Crippen molar-refractivity contribution in [2.45, 2.75) is 13.0 Å². The summed E-state index contributed by atoms with van der Waals surface area (Å²) in [5, 5.41) is 13.2. The zero-order chi connectivity index (χ0) is 17.1. The monoisotopic (exact) mass is 326 g/mol. The number of hydrogen-bond donors (Lipinski definition) is 2. The Morgan fingerprint density at radius 2 is 2.08 bits per heavy atom. The number of anilines is 1. The molecule has 1 heterocycles. The second-order valence-corrected chi connectivity index (χ2v) is 5.12. The standard InChI is InChI=1S/C16H14N4O4/c1-10(15-18-13-7-2-3-8-14(13)19-15)24-16(21)17-11-5-4-6-12(9-11)20(22)23/h2-10H,1H3,(H,17,21)(H,18,19). The number of hydrogen-bond acceptors (Lipinski definition) is 5. The smallest absolute Gasteiger partial charge is 0.412 e. The van der Waals surface area contributed by atoms with Crippen LogP contribution in [0, 0.1) is 10.1 Å². The molecule has 0 aliphatic heterocycles. The van der Waals surface area contributed by atoms with Crippen molar-refractivity contribution in [3.8, 4) is 0 Å². The van der Waals surface area contributed by atoms with E-state index in [1.165, 1.54) is 18.2 Å². The SMILES string of the molecule is CC(OC(=O)Nc1cccc([N+](=O)[O-])c1)c1nc2ccccc2[nH]1. The van der Waals surface area contributed by atoms with Gasteiger partial charge in [-0.15, -0.1) is 0 Å². The number of carbonyl (C=O) groups excluding carboxylic acids is 1. The molecular weight excluding hydrogens is 312 g/mol. The number of ether oxygens (including phenoxy) is 1. The van der Waals surface area contributed by atoms with Gasteiger partial charge in [-0.3, -0.25) is 15.4 Å². The predicted molar refractivity (Wildman–Crippen MR) is 87.7 cm³/mol. The summed E-state index contributed by atoms with van der Waals surface area (Å²) in [5.41, 5.74) is 1.80. The molecule has 0 radical (unpaired) electrons. The lowest BCUT2D eigenvalue weighted by atomic mass is 10.3. The van der Waals surface area contributed by atoms with Crippen molar-refractivity contribution in [1.29, 1.82) is 0 Å². The first-order valence-electron chi connectivity index (χ1n) is 7.19. The molecule has 1 aromatic heterocycles. The lowest BCUT2D eigenvalue weighted by Crippen LogP contribution is -2.16. The molecule has 24 heavy (non-hydrogen) atoms. The minimum absolute atomic E-state index is 0.113. The quantitative estimate of drug-likeness (QED) is 0.560. The van der Waals surface area contributed by atoms with Gasteiger partial charge in [-0.25, -0.2) is 9.78 Å². The van der Waals surface area contributed by atoms with Crippen LogP contribution in [0.2, 0.25) is 0 Å². The number of nitrogens with zero attached hydrogens (tertiary/aromatic N) is 2. The van der Waals surface area contributed by atoms with Crippen LogP contribution >= 0.6 is 0 Å². The highest BCUT2D eigenvalue weighted by molar-refractivity contribution is 5.85. The molecule has 0 fully saturated rings. The maximum Gasteiger partial charge on any atom is 0.412 e. The Hall–Kier alpha value is -3.42. The molecule has 2 N–H and O–H groups in total. The first-order chi connectivity index (χ1) is 11.5. The van der Waals surface area contributed by atoms with Crippen molar-refractivity contribution in [3.05, 3.63) is 64.5 Å². The van der Waals surface area contributed by atoms with Gasteiger partial charge in [0.2, 0.25) is 0 Å². The number of nitro groups is 1. The zero-order valence-electron chi connectivity index (χ0n) is 12.7. The van der Waals surface area contributed by atoms with E-state index in [9.17, 15) is 14.9 Å². The van der Waals surface area contributed by atoms with Crippen LogP contribution in [-0.4, -0.2) is 21.0 Å². The molecule has 3 rings (SSSR count). The second kappa shape index (κ2) is 6.37. The maximum absolute atomic E-state index is 11.9. The van der Waals surface area contributed by atoms with Gasteiger partial charge in [0.1, 0.15) is 5.82 Å². The Labute approximate surface area is 136 Å². The van der Waals surface area contributed by atoms with Crippen molar-refractivity contribution in [3.63, 3.8) is 0 Å². The third-order valence-corrected chi connectivity index (χ3v) is 3.38. The molecule has 0 aliphatic rings.